The smallest absolute Gasteiger partial charge is 0.408 e. The predicted octanol–water partition coefficient (Wildman–Crippen LogP) is 5.54. The Morgan fingerprint density at radius 3 is 2.55 bits per heavy atom. The lowest BCUT2D eigenvalue weighted by Crippen LogP contribution is -2.37. The van der Waals surface area contributed by atoms with Gasteiger partial charge in [-0.1, -0.05) is 18.2 Å². The summed E-state index contributed by atoms with van der Waals surface area (Å²) in [6.07, 6.45) is 1.92. The van der Waals surface area contributed by atoms with Crippen molar-refractivity contribution in [2.75, 3.05) is 6.61 Å². The molecule has 2 aromatic rings. The molecule has 1 heterocycles. The third-order valence-corrected chi connectivity index (χ3v) is 5.59. The van der Waals surface area contributed by atoms with Crippen molar-refractivity contribution in [2.45, 2.75) is 70.4 Å². The van der Waals surface area contributed by atoms with E-state index >= 15 is 0 Å². The predicted molar refractivity (Wildman–Crippen MR) is 119 cm³/mol. The van der Waals surface area contributed by atoms with Crippen molar-refractivity contribution in [3.05, 3.63) is 65.0 Å². The molecule has 1 aromatic carbocycles. The van der Waals surface area contributed by atoms with Crippen LogP contribution in [0.25, 0.3) is 0 Å². The number of carbonyl (C=O) groups is 2. The molecule has 1 unspecified atom stereocenters. The molecular formula is C25H30F2N2O4. The van der Waals surface area contributed by atoms with Crippen molar-refractivity contribution in [2.24, 2.45) is 0 Å². The van der Waals surface area contributed by atoms with E-state index in [1.54, 1.807) is 46.0 Å². The number of aromatic nitrogens is 1. The van der Waals surface area contributed by atoms with E-state index in [4.69, 9.17) is 9.47 Å². The Kier molecular flexibility index (Phi) is 7.66. The Hall–Kier alpha value is -3.03. The van der Waals surface area contributed by atoms with Crippen LogP contribution in [0.15, 0.2) is 36.5 Å². The largest absolute Gasteiger partial charge is 0.466 e. The number of ether oxygens (including phenoxy) is 2. The van der Waals surface area contributed by atoms with Crippen LogP contribution < -0.4 is 5.32 Å². The average Bonchev–Trinajstić information content (AvgIpc) is 2.87. The molecule has 3 rings (SSSR count). The van der Waals surface area contributed by atoms with Crippen LogP contribution in [0.4, 0.5) is 13.6 Å². The number of amides is 1. The SMILES string of the molecule is CCOC(=O)CC1CC[C@@H](c2cccc(F)c2F)[C@H](NC(=O)OC(C)(C)C)c2cccnc21. The number of fused-ring (bicyclic) bond motifs is 1. The van der Waals surface area contributed by atoms with Gasteiger partial charge in [0, 0.05) is 23.7 Å². The summed E-state index contributed by atoms with van der Waals surface area (Å²) in [5, 5.41) is 2.86. The van der Waals surface area contributed by atoms with Crippen molar-refractivity contribution in [1.82, 2.24) is 10.3 Å². The van der Waals surface area contributed by atoms with Gasteiger partial charge in [0.05, 0.1) is 19.1 Å². The first-order chi connectivity index (χ1) is 15.6. The molecule has 0 bridgehead atoms. The van der Waals surface area contributed by atoms with Crippen molar-refractivity contribution in [3.63, 3.8) is 0 Å². The van der Waals surface area contributed by atoms with Gasteiger partial charge in [-0.15, -0.1) is 0 Å². The van der Waals surface area contributed by atoms with Crippen LogP contribution in [-0.2, 0) is 14.3 Å². The molecule has 0 radical (unpaired) electrons. The molecule has 6 nitrogen and oxygen atoms in total. The Morgan fingerprint density at radius 1 is 1.12 bits per heavy atom. The number of halogens is 2. The van der Waals surface area contributed by atoms with Crippen LogP contribution >= 0.6 is 0 Å². The second kappa shape index (κ2) is 10.3. The normalized spacial score (nSPS) is 20.4. The number of hydrogen-bond donors (Lipinski definition) is 1. The first kappa shape index (κ1) is 24.6. The monoisotopic (exact) mass is 460 g/mol. The number of alkyl carbamates (subject to hydrolysis) is 1. The molecule has 0 aliphatic heterocycles. The minimum Gasteiger partial charge on any atom is -0.466 e. The second-order valence-corrected chi connectivity index (χ2v) is 9.13. The fraction of sp³-hybridized carbons (Fsp3) is 0.480. The fourth-order valence-electron chi connectivity index (χ4n) is 4.31. The maximum absolute atomic E-state index is 14.9. The van der Waals surface area contributed by atoms with Crippen molar-refractivity contribution in [1.29, 1.82) is 0 Å². The molecule has 1 N–H and O–H groups in total. The third-order valence-electron chi connectivity index (χ3n) is 5.59. The van der Waals surface area contributed by atoms with Gasteiger partial charge in [-0.3, -0.25) is 9.78 Å². The molecule has 0 saturated heterocycles. The Balaban J connectivity index is 2.06. The molecule has 0 fully saturated rings. The van der Waals surface area contributed by atoms with E-state index in [1.807, 2.05) is 0 Å². The lowest BCUT2D eigenvalue weighted by Gasteiger charge is -2.29. The van der Waals surface area contributed by atoms with E-state index in [0.717, 1.165) is 6.07 Å². The number of benzene rings is 1. The van der Waals surface area contributed by atoms with Crippen LogP contribution in [0.1, 0.15) is 81.7 Å². The van der Waals surface area contributed by atoms with Crippen molar-refractivity contribution in [3.8, 4) is 0 Å². The maximum atomic E-state index is 14.9. The summed E-state index contributed by atoms with van der Waals surface area (Å²) in [6.45, 7) is 7.23. The van der Waals surface area contributed by atoms with Crippen LogP contribution in [0.3, 0.4) is 0 Å². The Bertz CT molecular complexity index is 1010. The van der Waals surface area contributed by atoms with E-state index in [2.05, 4.69) is 10.3 Å². The number of nitrogens with zero attached hydrogens (tertiary/aromatic N) is 1. The molecule has 3 atom stereocenters. The van der Waals surface area contributed by atoms with Gasteiger partial charge in [0.15, 0.2) is 11.6 Å². The van der Waals surface area contributed by atoms with Gasteiger partial charge in [0.2, 0.25) is 0 Å². The summed E-state index contributed by atoms with van der Waals surface area (Å²) in [6, 6.07) is 6.81. The van der Waals surface area contributed by atoms with E-state index in [-0.39, 0.29) is 30.5 Å². The summed E-state index contributed by atoms with van der Waals surface area (Å²) in [4.78, 5) is 29.5. The minimum absolute atomic E-state index is 0.107. The van der Waals surface area contributed by atoms with Crippen LogP contribution in [0.5, 0.6) is 0 Å². The summed E-state index contributed by atoms with van der Waals surface area (Å²) >= 11 is 0. The average molecular weight is 461 g/mol. The van der Waals surface area contributed by atoms with Gasteiger partial charge < -0.3 is 14.8 Å². The molecule has 1 aliphatic rings. The lowest BCUT2D eigenvalue weighted by atomic mass is 9.85. The van der Waals surface area contributed by atoms with Crippen LogP contribution in [0.2, 0.25) is 0 Å². The molecule has 1 amide bonds. The van der Waals surface area contributed by atoms with E-state index in [9.17, 15) is 18.4 Å². The van der Waals surface area contributed by atoms with Gasteiger partial charge in [-0.05, 0) is 63.8 Å². The molecule has 1 aromatic heterocycles. The Morgan fingerprint density at radius 2 is 1.85 bits per heavy atom. The van der Waals surface area contributed by atoms with Crippen LogP contribution in [-0.4, -0.2) is 29.3 Å². The summed E-state index contributed by atoms with van der Waals surface area (Å²) in [5.74, 6) is -3.14. The third kappa shape index (κ3) is 6.06. The molecule has 0 saturated carbocycles. The summed E-state index contributed by atoms with van der Waals surface area (Å²) in [7, 11) is 0. The van der Waals surface area contributed by atoms with E-state index < -0.39 is 35.3 Å². The van der Waals surface area contributed by atoms with E-state index in [0.29, 0.717) is 24.1 Å². The maximum Gasteiger partial charge on any atom is 0.408 e. The standard InChI is InChI=1S/C25H30F2N2O4/c1-5-32-20(30)14-15-11-12-17(16-8-6-10-19(26)21(16)27)23(18-9-7-13-28-22(15)18)29-24(31)33-25(2,3)4/h6-10,13,15,17,23H,5,11-12,14H2,1-4H3,(H,29,31)/t15?,17-,23-/m0/s1. The number of carbonyl (C=O) groups excluding carboxylic acids is 2. The molecule has 178 valence electrons. The zero-order valence-electron chi connectivity index (χ0n) is 19.4. The highest BCUT2D eigenvalue weighted by Gasteiger charge is 2.37. The highest BCUT2D eigenvalue weighted by Crippen LogP contribution is 2.45. The fourth-order valence-corrected chi connectivity index (χ4v) is 4.31. The van der Waals surface area contributed by atoms with Crippen molar-refractivity contribution >= 4 is 12.1 Å². The molecular weight excluding hydrogens is 430 g/mol. The van der Waals surface area contributed by atoms with Crippen molar-refractivity contribution < 1.29 is 27.8 Å². The summed E-state index contributed by atoms with van der Waals surface area (Å²) < 4.78 is 39.6. The first-order valence-electron chi connectivity index (χ1n) is 11.1. The molecule has 33 heavy (non-hydrogen) atoms. The lowest BCUT2D eigenvalue weighted by molar-refractivity contribution is -0.143. The topological polar surface area (TPSA) is 77.5 Å². The number of nitrogens with one attached hydrogen (secondary N) is 1. The molecule has 1 aliphatic carbocycles. The minimum atomic E-state index is -0.956. The number of rotatable bonds is 5. The quantitative estimate of drug-likeness (QED) is 0.468. The zero-order chi connectivity index (χ0) is 24.2. The summed E-state index contributed by atoms with van der Waals surface area (Å²) in [5.41, 5.74) is 0.691. The van der Waals surface area contributed by atoms with Gasteiger partial charge in [0.25, 0.3) is 0 Å². The van der Waals surface area contributed by atoms with Crippen LogP contribution in [0, 0.1) is 11.6 Å². The zero-order valence-corrected chi connectivity index (χ0v) is 19.4. The van der Waals surface area contributed by atoms with Gasteiger partial charge >= 0.3 is 12.1 Å². The van der Waals surface area contributed by atoms with Gasteiger partial charge in [-0.2, -0.15) is 0 Å². The highest BCUT2D eigenvalue weighted by molar-refractivity contribution is 5.71. The van der Waals surface area contributed by atoms with Gasteiger partial charge in [-0.25, -0.2) is 13.6 Å². The van der Waals surface area contributed by atoms with E-state index in [1.165, 1.54) is 12.1 Å². The second-order valence-electron chi connectivity index (χ2n) is 9.13. The number of esters is 1. The molecule has 0 spiro atoms. The Labute approximate surface area is 192 Å². The van der Waals surface area contributed by atoms with Gasteiger partial charge in [0.1, 0.15) is 5.60 Å². The number of hydrogen-bond acceptors (Lipinski definition) is 5. The highest BCUT2D eigenvalue weighted by atomic mass is 19.2. The number of pyridine rings is 1. The first-order valence-corrected chi connectivity index (χ1v) is 11.1. The molecule has 8 heteroatoms.